The highest BCUT2D eigenvalue weighted by molar-refractivity contribution is 5.92. The topological polar surface area (TPSA) is 26.3 Å². The summed E-state index contributed by atoms with van der Waals surface area (Å²) in [5.74, 6) is -0.236. The van der Waals surface area contributed by atoms with Crippen molar-refractivity contribution in [2.75, 3.05) is 0 Å². The third-order valence-corrected chi connectivity index (χ3v) is 2.99. The Kier molecular flexibility index (Phi) is 3.78. The summed E-state index contributed by atoms with van der Waals surface area (Å²) in [5.41, 5.74) is 2.72. The molecule has 2 heteroatoms. The summed E-state index contributed by atoms with van der Waals surface area (Å²) in [5, 5.41) is 0. The van der Waals surface area contributed by atoms with Crippen LogP contribution in [0.4, 0.5) is 0 Å². The molecule has 1 aromatic carbocycles. The third kappa shape index (κ3) is 2.28. The van der Waals surface area contributed by atoms with Crippen LogP contribution in [0, 0.1) is 0 Å². The fourth-order valence-corrected chi connectivity index (χ4v) is 2.18. The Balaban J connectivity index is 2.40. The number of ether oxygens (including phenoxy) is 1. The zero-order valence-corrected chi connectivity index (χ0v) is 10.3. The smallest absolute Gasteiger partial charge is 0.335 e. The average molecular weight is 240 g/mol. The summed E-state index contributed by atoms with van der Waals surface area (Å²) >= 11 is 0. The van der Waals surface area contributed by atoms with Gasteiger partial charge in [-0.3, -0.25) is 0 Å². The van der Waals surface area contributed by atoms with Crippen molar-refractivity contribution in [2.45, 2.75) is 18.9 Å². The summed E-state index contributed by atoms with van der Waals surface area (Å²) in [6.07, 6.45) is 4.47. The lowest BCUT2D eigenvalue weighted by Crippen LogP contribution is -2.03. The second kappa shape index (κ2) is 5.50. The van der Waals surface area contributed by atoms with Crippen LogP contribution in [0.25, 0.3) is 0 Å². The maximum Gasteiger partial charge on any atom is 0.335 e. The number of carbonyl (C=O) groups is 1. The summed E-state index contributed by atoms with van der Waals surface area (Å²) in [7, 11) is 0. The van der Waals surface area contributed by atoms with Crippen molar-refractivity contribution in [1.29, 1.82) is 0 Å². The Labute approximate surface area is 107 Å². The Bertz CT molecular complexity index is 497. The number of carbonyl (C=O) groups excluding carboxylic acids is 1. The van der Waals surface area contributed by atoms with Crippen molar-refractivity contribution in [1.82, 2.24) is 0 Å². The van der Waals surface area contributed by atoms with Gasteiger partial charge in [-0.15, -0.1) is 13.2 Å². The molecule has 0 spiro atoms. The molecule has 0 bridgehead atoms. The molecule has 92 valence electrons. The van der Waals surface area contributed by atoms with E-state index in [4.69, 9.17) is 4.74 Å². The van der Waals surface area contributed by atoms with Gasteiger partial charge in [-0.2, -0.15) is 0 Å². The van der Waals surface area contributed by atoms with E-state index in [0.717, 1.165) is 16.7 Å². The zero-order valence-electron chi connectivity index (χ0n) is 10.3. The first-order valence-electron chi connectivity index (χ1n) is 5.97. The summed E-state index contributed by atoms with van der Waals surface area (Å²) in [6.45, 7) is 7.43. The van der Waals surface area contributed by atoms with Crippen LogP contribution < -0.4 is 0 Å². The molecule has 0 amide bonds. The first-order valence-corrected chi connectivity index (χ1v) is 5.97. The van der Waals surface area contributed by atoms with E-state index in [0.29, 0.717) is 12.8 Å². The molecule has 0 radical (unpaired) electrons. The number of rotatable bonds is 5. The zero-order chi connectivity index (χ0) is 13.0. The second-order valence-corrected chi connectivity index (χ2v) is 4.19. The second-order valence-electron chi connectivity index (χ2n) is 4.19. The number of benzene rings is 1. The van der Waals surface area contributed by atoms with Crippen molar-refractivity contribution in [2.24, 2.45) is 0 Å². The third-order valence-electron chi connectivity index (χ3n) is 2.99. The molecule has 0 aliphatic carbocycles. The van der Waals surface area contributed by atoms with Gasteiger partial charge in [0.25, 0.3) is 0 Å². The minimum absolute atomic E-state index is 0.236. The van der Waals surface area contributed by atoms with Crippen molar-refractivity contribution >= 4 is 5.97 Å². The van der Waals surface area contributed by atoms with Crippen LogP contribution in [0.5, 0.6) is 0 Å². The monoisotopic (exact) mass is 240 g/mol. The lowest BCUT2D eigenvalue weighted by Gasteiger charge is -2.13. The predicted octanol–water partition coefficient (Wildman–Crippen LogP) is 3.73. The Morgan fingerprint density at radius 3 is 2.39 bits per heavy atom. The number of allylic oxidation sites excluding steroid dienone is 2. The molecular weight excluding hydrogens is 224 g/mol. The van der Waals surface area contributed by atoms with Gasteiger partial charge in [-0.05, 0) is 24.0 Å². The Morgan fingerprint density at radius 2 is 1.78 bits per heavy atom. The van der Waals surface area contributed by atoms with E-state index in [-0.39, 0.29) is 12.1 Å². The van der Waals surface area contributed by atoms with E-state index >= 15 is 0 Å². The Morgan fingerprint density at radius 1 is 1.11 bits per heavy atom. The van der Waals surface area contributed by atoms with Gasteiger partial charge in [0.1, 0.15) is 6.10 Å². The highest BCUT2D eigenvalue weighted by Gasteiger charge is 2.33. The highest BCUT2D eigenvalue weighted by atomic mass is 16.5. The standard InChI is InChI=1S/C16H16O2/c1-3-8-13-14(9-4-2)16(17)18-15(13)12-10-6-5-7-11-12/h3-7,10-11,15H,1-2,8-9H2. The van der Waals surface area contributed by atoms with Gasteiger partial charge in [0.15, 0.2) is 0 Å². The molecule has 0 saturated heterocycles. The van der Waals surface area contributed by atoms with Gasteiger partial charge >= 0.3 is 5.97 Å². The van der Waals surface area contributed by atoms with Gasteiger partial charge in [0.05, 0.1) is 0 Å². The van der Waals surface area contributed by atoms with Crippen LogP contribution in [-0.2, 0) is 9.53 Å². The van der Waals surface area contributed by atoms with E-state index < -0.39 is 0 Å². The van der Waals surface area contributed by atoms with E-state index in [1.807, 2.05) is 30.3 Å². The molecule has 0 saturated carbocycles. The molecule has 1 aromatic rings. The van der Waals surface area contributed by atoms with E-state index in [1.54, 1.807) is 12.2 Å². The minimum atomic E-state index is -0.272. The predicted molar refractivity (Wildman–Crippen MR) is 71.9 cm³/mol. The van der Waals surface area contributed by atoms with Crippen LogP contribution in [0.1, 0.15) is 24.5 Å². The van der Waals surface area contributed by atoms with Crippen LogP contribution in [0.2, 0.25) is 0 Å². The van der Waals surface area contributed by atoms with Crippen LogP contribution in [0.15, 0.2) is 66.8 Å². The van der Waals surface area contributed by atoms with E-state index in [1.165, 1.54) is 0 Å². The average Bonchev–Trinajstić information content (AvgIpc) is 2.70. The number of cyclic esters (lactones) is 1. The van der Waals surface area contributed by atoms with Crippen molar-refractivity contribution < 1.29 is 9.53 Å². The summed E-state index contributed by atoms with van der Waals surface area (Å²) in [6, 6.07) is 9.78. The quantitative estimate of drug-likeness (QED) is 0.579. The fourth-order valence-electron chi connectivity index (χ4n) is 2.18. The molecule has 1 heterocycles. The van der Waals surface area contributed by atoms with Crippen LogP contribution in [0.3, 0.4) is 0 Å². The molecule has 1 unspecified atom stereocenters. The molecule has 1 aliphatic rings. The largest absolute Gasteiger partial charge is 0.449 e. The maximum atomic E-state index is 11.9. The lowest BCUT2D eigenvalue weighted by atomic mass is 9.95. The molecule has 1 atom stereocenters. The molecule has 0 fully saturated rings. The highest BCUT2D eigenvalue weighted by Crippen LogP contribution is 2.38. The van der Waals surface area contributed by atoms with Gasteiger partial charge in [0, 0.05) is 5.57 Å². The first-order chi connectivity index (χ1) is 8.77. The van der Waals surface area contributed by atoms with E-state index in [2.05, 4.69) is 13.2 Å². The van der Waals surface area contributed by atoms with Gasteiger partial charge in [0.2, 0.25) is 0 Å². The van der Waals surface area contributed by atoms with Crippen molar-refractivity contribution in [3.05, 3.63) is 72.4 Å². The molecule has 1 aliphatic heterocycles. The summed E-state index contributed by atoms with van der Waals surface area (Å²) in [4.78, 5) is 11.9. The number of hydrogen-bond acceptors (Lipinski definition) is 2. The molecule has 2 rings (SSSR count). The maximum absolute atomic E-state index is 11.9. The van der Waals surface area contributed by atoms with Crippen molar-refractivity contribution in [3.63, 3.8) is 0 Å². The normalized spacial score (nSPS) is 18.7. The van der Waals surface area contributed by atoms with Crippen LogP contribution >= 0.6 is 0 Å². The molecule has 18 heavy (non-hydrogen) atoms. The number of hydrogen-bond donors (Lipinski definition) is 0. The van der Waals surface area contributed by atoms with Gasteiger partial charge in [-0.1, -0.05) is 42.5 Å². The van der Waals surface area contributed by atoms with Gasteiger partial charge in [-0.25, -0.2) is 4.79 Å². The SMILES string of the molecule is C=CCC1=C(CC=C)C(c2ccccc2)OC1=O. The molecule has 0 N–H and O–H groups in total. The van der Waals surface area contributed by atoms with E-state index in [9.17, 15) is 4.79 Å². The minimum Gasteiger partial charge on any atom is -0.449 e. The first kappa shape index (κ1) is 12.4. The van der Waals surface area contributed by atoms with Gasteiger partial charge < -0.3 is 4.74 Å². The number of esters is 1. The summed E-state index contributed by atoms with van der Waals surface area (Å²) < 4.78 is 5.47. The lowest BCUT2D eigenvalue weighted by molar-refractivity contribution is -0.140. The Hall–Kier alpha value is -2.09. The van der Waals surface area contributed by atoms with Crippen molar-refractivity contribution in [3.8, 4) is 0 Å². The fraction of sp³-hybridized carbons (Fsp3) is 0.188. The molecule has 0 aromatic heterocycles. The van der Waals surface area contributed by atoms with Crippen LogP contribution in [-0.4, -0.2) is 5.97 Å². The molecule has 2 nitrogen and oxygen atoms in total. The molecular formula is C16H16O2.